The van der Waals surface area contributed by atoms with Gasteiger partial charge in [0.1, 0.15) is 12.7 Å². The predicted molar refractivity (Wildman–Crippen MR) is 80.1 cm³/mol. The highest BCUT2D eigenvalue weighted by Crippen LogP contribution is 2.12. The minimum absolute atomic E-state index is 0.558. The number of hydrogen-bond donors (Lipinski definition) is 0. The van der Waals surface area contributed by atoms with Crippen LogP contribution >= 0.6 is 15.9 Å². The Balaban J connectivity index is 2.07. The van der Waals surface area contributed by atoms with E-state index in [1.165, 1.54) is 32.1 Å². The van der Waals surface area contributed by atoms with E-state index in [0.717, 1.165) is 16.5 Å². The molecule has 1 nitrogen and oxygen atoms in total. The predicted octanol–water partition coefficient (Wildman–Crippen LogP) is 5.29. The summed E-state index contributed by atoms with van der Waals surface area (Å²) in [6, 6.07) is 8.10. The first-order chi connectivity index (χ1) is 8.83. The summed E-state index contributed by atoms with van der Waals surface area (Å²) in [5.74, 6) is 3.06. The van der Waals surface area contributed by atoms with E-state index in [-0.39, 0.29) is 0 Å². The smallest absolute Gasteiger partial charge is 0.125 e. The third kappa shape index (κ3) is 7.40. The van der Waals surface area contributed by atoms with Gasteiger partial charge in [-0.05, 0) is 24.1 Å². The summed E-state index contributed by atoms with van der Waals surface area (Å²) < 4.78 is 6.40. The first-order valence-electron chi connectivity index (χ1n) is 6.67. The molecule has 0 aliphatic rings. The average molecular weight is 309 g/mol. The highest BCUT2D eigenvalue weighted by Gasteiger charge is 1.92. The fourth-order valence-electron chi connectivity index (χ4n) is 1.67. The Labute approximate surface area is 119 Å². The zero-order valence-electron chi connectivity index (χ0n) is 11.0. The van der Waals surface area contributed by atoms with Crippen molar-refractivity contribution >= 4 is 15.9 Å². The second-order valence-electron chi connectivity index (χ2n) is 4.36. The van der Waals surface area contributed by atoms with Crippen molar-refractivity contribution < 1.29 is 4.74 Å². The quantitative estimate of drug-likeness (QED) is 0.491. The van der Waals surface area contributed by atoms with E-state index >= 15 is 0 Å². The molecule has 0 heterocycles. The number of unbranched alkanes of at least 4 members (excludes halogenated alkanes) is 5. The van der Waals surface area contributed by atoms with Crippen molar-refractivity contribution in [3.05, 3.63) is 34.3 Å². The Hall–Kier alpha value is -0.940. The van der Waals surface area contributed by atoms with E-state index in [9.17, 15) is 0 Å². The molecule has 2 heteroatoms. The maximum atomic E-state index is 5.32. The lowest BCUT2D eigenvalue weighted by molar-refractivity contribution is 0.264. The van der Waals surface area contributed by atoms with Crippen LogP contribution in [0.5, 0.6) is 0 Å². The standard InChI is InChI=1S/C16H21BrO/c1-2-3-4-5-6-7-8-12-18-14-15-10-9-11-16(17)13-15/h9-11,13H,2-7,14H2,1H3. The van der Waals surface area contributed by atoms with Gasteiger partial charge >= 0.3 is 0 Å². The summed E-state index contributed by atoms with van der Waals surface area (Å²) >= 11 is 3.43. The Morgan fingerprint density at radius 1 is 1.17 bits per heavy atom. The number of halogens is 1. The maximum absolute atomic E-state index is 5.32. The number of benzene rings is 1. The molecule has 0 aliphatic carbocycles. The first-order valence-corrected chi connectivity index (χ1v) is 7.46. The molecule has 0 atom stereocenters. The molecule has 0 radical (unpaired) electrons. The molecule has 0 aliphatic heterocycles. The Morgan fingerprint density at radius 2 is 2.00 bits per heavy atom. The molecule has 1 rings (SSSR count). The SMILES string of the molecule is CCCCCCCC#COCc1cccc(Br)c1. The van der Waals surface area contributed by atoms with Gasteiger partial charge in [-0.15, -0.1) is 0 Å². The molecule has 0 aromatic heterocycles. The Bertz CT molecular complexity index is 390. The van der Waals surface area contributed by atoms with Crippen molar-refractivity contribution in [2.45, 2.75) is 52.1 Å². The minimum Gasteiger partial charge on any atom is -0.442 e. The molecule has 0 unspecified atom stereocenters. The number of rotatable bonds is 7. The van der Waals surface area contributed by atoms with Crippen molar-refractivity contribution in [1.29, 1.82) is 0 Å². The Kier molecular flexibility index (Phi) is 8.42. The van der Waals surface area contributed by atoms with Crippen molar-refractivity contribution in [3.63, 3.8) is 0 Å². The highest BCUT2D eigenvalue weighted by molar-refractivity contribution is 9.10. The fraction of sp³-hybridized carbons (Fsp3) is 0.500. The average Bonchev–Trinajstić information content (AvgIpc) is 2.37. The molecule has 0 fully saturated rings. The van der Waals surface area contributed by atoms with Crippen LogP contribution < -0.4 is 0 Å². The van der Waals surface area contributed by atoms with E-state index in [1.807, 2.05) is 24.3 Å². The first kappa shape index (κ1) is 15.1. The lowest BCUT2D eigenvalue weighted by atomic mass is 10.1. The summed E-state index contributed by atoms with van der Waals surface area (Å²) in [4.78, 5) is 0. The second-order valence-corrected chi connectivity index (χ2v) is 5.28. The monoisotopic (exact) mass is 308 g/mol. The van der Waals surface area contributed by atoms with Crippen LogP contribution in [0.3, 0.4) is 0 Å². The maximum Gasteiger partial charge on any atom is 0.125 e. The van der Waals surface area contributed by atoms with Gasteiger partial charge in [0.15, 0.2) is 0 Å². The lowest BCUT2D eigenvalue weighted by Crippen LogP contribution is -1.86. The molecule has 1 aromatic rings. The van der Waals surface area contributed by atoms with Crippen LogP contribution in [0.2, 0.25) is 0 Å². The zero-order chi connectivity index (χ0) is 13.1. The summed E-state index contributed by atoms with van der Waals surface area (Å²) in [6.07, 6.45) is 10.2. The van der Waals surface area contributed by atoms with Crippen LogP contribution in [0, 0.1) is 12.0 Å². The lowest BCUT2D eigenvalue weighted by Gasteiger charge is -1.99. The zero-order valence-corrected chi connectivity index (χ0v) is 12.6. The molecular weight excluding hydrogens is 288 g/mol. The van der Waals surface area contributed by atoms with Gasteiger partial charge in [0.05, 0.1) is 0 Å². The van der Waals surface area contributed by atoms with Gasteiger partial charge in [-0.25, -0.2) is 0 Å². The van der Waals surface area contributed by atoms with Crippen LogP contribution in [0.25, 0.3) is 0 Å². The Morgan fingerprint density at radius 3 is 2.78 bits per heavy atom. The topological polar surface area (TPSA) is 9.23 Å². The molecule has 0 bridgehead atoms. The van der Waals surface area contributed by atoms with E-state index in [4.69, 9.17) is 4.74 Å². The van der Waals surface area contributed by atoms with Gasteiger partial charge in [-0.2, -0.15) is 0 Å². The van der Waals surface area contributed by atoms with E-state index in [0.29, 0.717) is 6.61 Å². The van der Waals surface area contributed by atoms with Gasteiger partial charge < -0.3 is 4.74 Å². The van der Waals surface area contributed by atoms with Crippen molar-refractivity contribution in [2.24, 2.45) is 0 Å². The largest absolute Gasteiger partial charge is 0.442 e. The van der Waals surface area contributed by atoms with Crippen LogP contribution in [0.4, 0.5) is 0 Å². The number of hydrogen-bond acceptors (Lipinski definition) is 1. The van der Waals surface area contributed by atoms with Crippen molar-refractivity contribution in [2.75, 3.05) is 0 Å². The molecule has 0 N–H and O–H groups in total. The summed E-state index contributed by atoms with van der Waals surface area (Å²) in [5.41, 5.74) is 1.14. The minimum atomic E-state index is 0.558. The van der Waals surface area contributed by atoms with Crippen LogP contribution in [-0.2, 0) is 11.3 Å². The number of ether oxygens (including phenoxy) is 1. The summed E-state index contributed by atoms with van der Waals surface area (Å²) in [6.45, 7) is 2.79. The normalized spacial score (nSPS) is 9.67. The third-order valence-electron chi connectivity index (χ3n) is 2.68. The highest BCUT2D eigenvalue weighted by atomic mass is 79.9. The molecule has 0 spiro atoms. The van der Waals surface area contributed by atoms with Crippen LogP contribution in [-0.4, -0.2) is 0 Å². The summed E-state index contributed by atoms with van der Waals surface area (Å²) in [7, 11) is 0. The van der Waals surface area contributed by atoms with Crippen LogP contribution in [0.1, 0.15) is 51.0 Å². The van der Waals surface area contributed by atoms with Crippen molar-refractivity contribution in [1.82, 2.24) is 0 Å². The summed E-state index contributed by atoms with van der Waals surface area (Å²) in [5, 5.41) is 0. The third-order valence-corrected chi connectivity index (χ3v) is 3.17. The van der Waals surface area contributed by atoms with E-state index in [1.54, 1.807) is 0 Å². The molecular formula is C16H21BrO. The van der Waals surface area contributed by atoms with Gasteiger partial charge in [-0.3, -0.25) is 0 Å². The molecule has 0 saturated carbocycles. The van der Waals surface area contributed by atoms with Crippen LogP contribution in [0.15, 0.2) is 28.7 Å². The van der Waals surface area contributed by atoms with Gasteiger partial charge in [0.2, 0.25) is 0 Å². The molecule has 1 aromatic carbocycles. The van der Waals surface area contributed by atoms with E-state index < -0.39 is 0 Å². The van der Waals surface area contributed by atoms with Gasteiger partial charge in [0, 0.05) is 10.9 Å². The second kappa shape index (κ2) is 10.0. The van der Waals surface area contributed by atoms with E-state index in [2.05, 4.69) is 34.9 Å². The molecule has 98 valence electrons. The van der Waals surface area contributed by atoms with Crippen molar-refractivity contribution in [3.8, 4) is 12.0 Å². The fourth-order valence-corrected chi connectivity index (χ4v) is 2.11. The molecule has 0 saturated heterocycles. The molecule has 0 amide bonds. The van der Waals surface area contributed by atoms with Gasteiger partial charge in [0.25, 0.3) is 0 Å². The van der Waals surface area contributed by atoms with Gasteiger partial charge in [-0.1, -0.05) is 66.6 Å². The molecule has 18 heavy (non-hydrogen) atoms.